The van der Waals surface area contributed by atoms with Crippen molar-refractivity contribution >= 4 is 0 Å². The molecule has 0 aliphatic heterocycles. The highest BCUT2D eigenvalue weighted by atomic mass is 15.3. The lowest BCUT2D eigenvalue weighted by Gasteiger charge is -2.29. The van der Waals surface area contributed by atoms with E-state index in [1.807, 2.05) is 6.08 Å². The molecule has 2 N–H and O–H groups in total. The van der Waals surface area contributed by atoms with Crippen molar-refractivity contribution in [1.82, 2.24) is 0 Å². The molecule has 0 saturated carbocycles. The van der Waals surface area contributed by atoms with Crippen LogP contribution in [0.3, 0.4) is 0 Å². The number of nitrogens with two attached hydrogens (primary N) is 1. The molecule has 0 aliphatic rings. The first-order valence-corrected chi connectivity index (χ1v) is 4.75. The SMILES string of the molecule is C=CCCCC[N+](C)(C)CCN. The minimum absolute atomic E-state index is 0.786. The third kappa shape index (κ3) is 6.38. The van der Waals surface area contributed by atoms with E-state index in [-0.39, 0.29) is 0 Å². The van der Waals surface area contributed by atoms with Gasteiger partial charge < -0.3 is 10.2 Å². The maximum atomic E-state index is 5.51. The molecule has 0 aliphatic carbocycles. The molecule has 0 bridgehead atoms. The molecule has 0 aromatic carbocycles. The molecule has 0 saturated heterocycles. The van der Waals surface area contributed by atoms with E-state index in [1.165, 1.54) is 19.4 Å². The first kappa shape index (κ1) is 11.7. The summed E-state index contributed by atoms with van der Waals surface area (Å²) in [5.41, 5.74) is 5.51. The molecule has 72 valence electrons. The Morgan fingerprint density at radius 2 is 1.92 bits per heavy atom. The highest BCUT2D eigenvalue weighted by Gasteiger charge is 2.11. The predicted molar refractivity (Wildman–Crippen MR) is 54.9 cm³/mol. The quantitative estimate of drug-likeness (QED) is 0.349. The minimum atomic E-state index is 0.786. The number of hydrogen-bond donors (Lipinski definition) is 1. The van der Waals surface area contributed by atoms with Gasteiger partial charge in [-0.2, -0.15) is 0 Å². The van der Waals surface area contributed by atoms with Crippen LogP contribution in [0.1, 0.15) is 19.3 Å². The number of quaternary nitrogens is 1. The van der Waals surface area contributed by atoms with E-state index >= 15 is 0 Å². The summed E-state index contributed by atoms with van der Waals surface area (Å²) in [6.45, 7) is 6.80. The second-order valence-electron chi connectivity index (χ2n) is 3.96. The Kier molecular flexibility index (Phi) is 6.03. The van der Waals surface area contributed by atoms with Crippen molar-refractivity contribution in [2.24, 2.45) is 5.73 Å². The monoisotopic (exact) mass is 171 g/mol. The van der Waals surface area contributed by atoms with Crippen molar-refractivity contribution in [3.8, 4) is 0 Å². The lowest BCUT2D eigenvalue weighted by molar-refractivity contribution is -0.889. The van der Waals surface area contributed by atoms with Crippen molar-refractivity contribution in [1.29, 1.82) is 0 Å². The highest BCUT2D eigenvalue weighted by molar-refractivity contribution is 4.65. The molecule has 0 spiro atoms. The first-order valence-electron chi connectivity index (χ1n) is 4.75. The van der Waals surface area contributed by atoms with Crippen LogP contribution in [-0.4, -0.2) is 38.2 Å². The average molecular weight is 171 g/mol. The molecule has 0 atom stereocenters. The van der Waals surface area contributed by atoms with Gasteiger partial charge in [-0.3, -0.25) is 0 Å². The fourth-order valence-corrected chi connectivity index (χ4v) is 1.29. The summed E-state index contributed by atoms with van der Waals surface area (Å²) >= 11 is 0. The molecule has 2 nitrogen and oxygen atoms in total. The number of hydrogen-bond acceptors (Lipinski definition) is 1. The summed E-state index contributed by atoms with van der Waals surface area (Å²) in [6, 6.07) is 0. The molecule has 2 heteroatoms. The third-order valence-electron chi connectivity index (χ3n) is 2.16. The largest absolute Gasteiger partial charge is 0.327 e. The summed E-state index contributed by atoms with van der Waals surface area (Å²) in [4.78, 5) is 0. The smallest absolute Gasteiger partial charge is 0.0907 e. The van der Waals surface area contributed by atoms with Crippen LogP contribution in [0.15, 0.2) is 12.7 Å². The van der Waals surface area contributed by atoms with Gasteiger partial charge in [-0.25, -0.2) is 0 Å². The minimum Gasteiger partial charge on any atom is -0.327 e. The summed E-state index contributed by atoms with van der Waals surface area (Å²) in [7, 11) is 4.47. The Labute approximate surface area is 76.6 Å². The molecule has 0 aromatic heterocycles. The van der Waals surface area contributed by atoms with Crippen molar-refractivity contribution < 1.29 is 4.48 Å². The number of likely N-dealkylation sites (N-methyl/N-ethyl adjacent to an activating group) is 1. The Bertz CT molecular complexity index is 119. The predicted octanol–water partition coefficient (Wildman–Crippen LogP) is 1.38. The molecule has 0 heterocycles. The molecule has 12 heavy (non-hydrogen) atoms. The van der Waals surface area contributed by atoms with E-state index in [0.29, 0.717) is 0 Å². The van der Waals surface area contributed by atoms with E-state index in [0.717, 1.165) is 24.0 Å². The summed E-state index contributed by atoms with van der Waals surface area (Å²) < 4.78 is 1.05. The van der Waals surface area contributed by atoms with E-state index in [4.69, 9.17) is 5.73 Å². The third-order valence-corrected chi connectivity index (χ3v) is 2.16. The Balaban J connectivity index is 3.39. The lowest BCUT2D eigenvalue weighted by atomic mass is 10.2. The van der Waals surface area contributed by atoms with Crippen LogP contribution in [0, 0.1) is 0 Å². The van der Waals surface area contributed by atoms with E-state index in [9.17, 15) is 0 Å². The number of rotatable bonds is 7. The molecular weight excluding hydrogens is 148 g/mol. The second-order valence-corrected chi connectivity index (χ2v) is 3.96. The Hall–Kier alpha value is -0.340. The van der Waals surface area contributed by atoms with Crippen LogP contribution in [0.25, 0.3) is 0 Å². The van der Waals surface area contributed by atoms with Gasteiger partial charge in [0.25, 0.3) is 0 Å². The van der Waals surface area contributed by atoms with Crippen molar-refractivity contribution in [2.45, 2.75) is 19.3 Å². The molecule has 0 aromatic rings. The highest BCUT2D eigenvalue weighted by Crippen LogP contribution is 2.02. The molecule has 0 rings (SSSR count). The molecular formula is C10H23N2+. The topological polar surface area (TPSA) is 26.0 Å². The summed E-state index contributed by atoms with van der Waals surface area (Å²) in [6.07, 6.45) is 5.67. The van der Waals surface area contributed by atoms with E-state index < -0.39 is 0 Å². The van der Waals surface area contributed by atoms with Crippen LogP contribution >= 0.6 is 0 Å². The molecule has 0 amide bonds. The first-order chi connectivity index (χ1) is 5.62. The molecule has 0 radical (unpaired) electrons. The maximum absolute atomic E-state index is 5.51. The average Bonchev–Trinajstić information content (AvgIpc) is 1.98. The summed E-state index contributed by atoms with van der Waals surface area (Å²) in [5, 5.41) is 0. The second kappa shape index (κ2) is 6.21. The molecule has 0 fully saturated rings. The zero-order valence-corrected chi connectivity index (χ0v) is 8.55. The maximum Gasteiger partial charge on any atom is 0.0907 e. The lowest BCUT2D eigenvalue weighted by Crippen LogP contribution is -2.44. The van der Waals surface area contributed by atoms with Crippen LogP contribution in [0.5, 0.6) is 0 Å². The fourth-order valence-electron chi connectivity index (χ4n) is 1.29. The Morgan fingerprint density at radius 1 is 1.25 bits per heavy atom. The van der Waals surface area contributed by atoms with Crippen LogP contribution in [-0.2, 0) is 0 Å². The van der Waals surface area contributed by atoms with Gasteiger partial charge in [0.15, 0.2) is 0 Å². The number of allylic oxidation sites excluding steroid dienone is 1. The van der Waals surface area contributed by atoms with Gasteiger partial charge in [0.2, 0.25) is 0 Å². The Morgan fingerprint density at radius 3 is 2.42 bits per heavy atom. The number of unbranched alkanes of at least 4 members (excludes halogenated alkanes) is 2. The van der Waals surface area contributed by atoms with E-state index in [1.54, 1.807) is 0 Å². The summed E-state index contributed by atoms with van der Waals surface area (Å²) in [5.74, 6) is 0. The molecule has 0 unspecified atom stereocenters. The standard InChI is InChI=1S/C10H23N2/c1-4-5-6-7-9-12(2,3)10-8-11/h4H,1,5-11H2,2-3H3/q+1. The van der Waals surface area contributed by atoms with Crippen LogP contribution < -0.4 is 5.73 Å². The number of nitrogens with zero attached hydrogens (tertiary/aromatic N) is 1. The van der Waals surface area contributed by atoms with Crippen LogP contribution in [0.4, 0.5) is 0 Å². The van der Waals surface area contributed by atoms with Gasteiger partial charge in [-0.05, 0) is 19.3 Å². The van der Waals surface area contributed by atoms with Crippen molar-refractivity contribution in [3.05, 3.63) is 12.7 Å². The van der Waals surface area contributed by atoms with Crippen molar-refractivity contribution in [3.63, 3.8) is 0 Å². The normalized spacial score (nSPS) is 11.6. The van der Waals surface area contributed by atoms with Gasteiger partial charge in [-0.1, -0.05) is 6.08 Å². The van der Waals surface area contributed by atoms with Gasteiger partial charge in [0.05, 0.1) is 27.2 Å². The van der Waals surface area contributed by atoms with Gasteiger partial charge in [0, 0.05) is 6.54 Å². The van der Waals surface area contributed by atoms with Gasteiger partial charge in [0.1, 0.15) is 0 Å². The zero-order chi connectivity index (χ0) is 9.45. The van der Waals surface area contributed by atoms with Crippen LogP contribution in [0.2, 0.25) is 0 Å². The fraction of sp³-hybridized carbons (Fsp3) is 0.800. The van der Waals surface area contributed by atoms with Gasteiger partial charge in [-0.15, -0.1) is 6.58 Å². The van der Waals surface area contributed by atoms with Crippen molar-refractivity contribution in [2.75, 3.05) is 33.7 Å². The van der Waals surface area contributed by atoms with Gasteiger partial charge >= 0.3 is 0 Å². The van der Waals surface area contributed by atoms with E-state index in [2.05, 4.69) is 20.7 Å². The zero-order valence-electron chi connectivity index (χ0n) is 8.55.